The van der Waals surface area contributed by atoms with E-state index >= 15 is 0 Å². The molecule has 1 amide bonds. The largest absolute Gasteiger partial charge is 0.268 e. The third-order valence-electron chi connectivity index (χ3n) is 2.36. The van der Waals surface area contributed by atoms with Crippen molar-refractivity contribution in [2.75, 3.05) is 5.75 Å². The minimum atomic E-state index is -3.57. The molecule has 0 aliphatic heterocycles. The molecule has 1 heterocycles. The molecule has 1 aromatic heterocycles. The van der Waals surface area contributed by atoms with E-state index in [0.717, 1.165) is 0 Å². The first-order chi connectivity index (χ1) is 8.26. The molecule has 0 aliphatic rings. The number of rotatable bonds is 4. The van der Waals surface area contributed by atoms with E-state index in [1.54, 1.807) is 6.92 Å². The van der Waals surface area contributed by atoms with Gasteiger partial charge in [0.15, 0.2) is 0 Å². The second-order valence-electron chi connectivity index (χ2n) is 4.21. The summed E-state index contributed by atoms with van der Waals surface area (Å²) in [5, 5.41) is 0. The highest BCUT2D eigenvalue weighted by molar-refractivity contribution is 7.90. The third kappa shape index (κ3) is 3.49. The quantitative estimate of drug-likeness (QED) is 0.882. The lowest BCUT2D eigenvalue weighted by atomic mass is 10.0. The Morgan fingerprint density at radius 2 is 2.06 bits per heavy atom. The zero-order chi connectivity index (χ0) is 13.9. The maximum Gasteiger partial charge on any atom is 0.268 e. The zero-order valence-corrected chi connectivity index (χ0v) is 11.7. The fourth-order valence-electron chi connectivity index (χ4n) is 1.37. The summed E-state index contributed by atoms with van der Waals surface area (Å²) in [5.41, 5.74) is 0.749. The van der Waals surface area contributed by atoms with E-state index in [4.69, 9.17) is 0 Å². The topological polar surface area (TPSA) is 89.0 Å². The Bertz CT molecular complexity index is 553. The van der Waals surface area contributed by atoms with Crippen molar-refractivity contribution in [2.45, 2.75) is 33.6 Å². The van der Waals surface area contributed by atoms with Crippen molar-refractivity contribution in [3.8, 4) is 0 Å². The summed E-state index contributed by atoms with van der Waals surface area (Å²) in [6, 6.07) is 0. The Kier molecular flexibility index (Phi) is 4.39. The second-order valence-corrected chi connectivity index (χ2v) is 6.22. The summed E-state index contributed by atoms with van der Waals surface area (Å²) >= 11 is 0. The fraction of sp³-hybridized carbons (Fsp3) is 0.545. The third-order valence-corrected chi connectivity index (χ3v) is 3.61. The zero-order valence-electron chi connectivity index (χ0n) is 10.9. The van der Waals surface area contributed by atoms with E-state index in [2.05, 4.69) is 9.97 Å². The lowest BCUT2D eigenvalue weighted by Crippen LogP contribution is -2.33. The summed E-state index contributed by atoms with van der Waals surface area (Å²) < 4.78 is 24.7. The molecule has 0 spiro atoms. The summed E-state index contributed by atoms with van der Waals surface area (Å²) in [4.78, 5) is 20.0. The SMILES string of the molecule is CCS(=O)(=O)NC(=O)c1cnc(C)nc1C(C)C. The lowest BCUT2D eigenvalue weighted by molar-refractivity contribution is 0.0979. The Morgan fingerprint density at radius 3 is 2.56 bits per heavy atom. The van der Waals surface area contributed by atoms with Crippen molar-refractivity contribution in [2.24, 2.45) is 0 Å². The van der Waals surface area contributed by atoms with Gasteiger partial charge in [0.1, 0.15) is 5.82 Å². The Labute approximate surface area is 107 Å². The van der Waals surface area contributed by atoms with Gasteiger partial charge in [-0.1, -0.05) is 13.8 Å². The van der Waals surface area contributed by atoms with Gasteiger partial charge < -0.3 is 0 Å². The monoisotopic (exact) mass is 271 g/mol. The van der Waals surface area contributed by atoms with Gasteiger partial charge in [-0.15, -0.1) is 0 Å². The van der Waals surface area contributed by atoms with Gasteiger partial charge in [0.25, 0.3) is 5.91 Å². The Hall–Kier alpha value is -1.50. The van der Waals surface area contributed by atoms with Gasteiger partial charge in [0, 0.05) is 6.20 Å². The van der Waals surface area contributed by atoms with Crippen LogP contribution in [0.2, 0.25) is 0 Å². The molecule has 0 saturated heterocycles. The maximum absolute atomic E-state index is 11.9. The number of aryl methyl sites for hydroxylation is 1. The molecule has 0 aromatic carbocycles. The number of carbonyl (C=O) groups excluding carboxylic acids is 1. The molecule has 1 aromatic rings. The summed E-state index contributed by atoms with van der Waals surface area (Å²) in [6.45, 7) is 6.95. The van der Waals surface area contributed by atoms with E-state index in [-0.39, 0.29) is 17.2 Å². The predicted molar refractivity (Wildman–Crippen MR) is 67.8 cm³/mol. The lowest BCUT2D eigenvalue weighted by Gasteiger charge is -2.11. The van der Waals surface area contributed by atoms with E-state index < -0.39 is 15.9 Å². The maximum atomic E-state index is 11.9. The van der Waals surface area contributed by atoms with Crippen LogP contribution >= 0.6 is 0 Å². The normalized spacial score (nSPS) is 11.6. The number of sulfonamides is 1. The molecular weight excluding hydrogens is 254 g/mol. The molecule has 0 bridgehead atoms. The van der Waals surface area contributed by atoms with Crippen LogP contribution in [-0.4, -0.2) is 30.0 Å². The molecule has 0 unspecified atom stereocenters. The molecule has 100 valence electrons. The van der Waals surface area contributed by atoms with Crippen LogP contribution in [0.25, 0.3) is 0 Å². The molecule has 7 heteroatoms. The van der Waals surface area contributed by atoms with Gasteiger partial charge in [-0.3, -0.25) is 4.79 Å². The van der Waals surface area contributed by atoms with Crippen molar-refractivity contribution in [3.05, 3.63) is 23.3 Å². The number of nitrogens with one attached hydrogen (secondary N) is 1. The number of carbonyl (C=O) groups is 1. The molecule has 1 rings (SSSR count). The van der Waals surface area contributed by atoms with Crippen molar-refractivity contribution in [3.63, 3.8) is 0 Å². The molecule has 0 fully saturated rings. The number of amides is 1. The van der Waals surface area contributed by atoms with Gasteiger partial charge in [0.2, 0.25) is 10.0 Å². The van der Waals surface area contributed by atoms with E-state index in [9.17, 15) is 13.2 Å². The Morgan fingerprint density at radius 1 is 1.44 bits per heavy atom. The molecule has 18 heavy (non-hydrogen) atoms. The van der Waals surface area contributed by atoms with Crippen molar-refractivity contribution in [1.82, 2.24) is 14.7 Å². The van der Waals surface area contributed by atoms with Crippen molar-refractivity contribution in [1.29, 1.82) is 0 Å². The molecule has 0 radical (unpaired) electrons. The highest BCUT2D eigenvalue weighted by atomic mass is 32.2. The fourth-order valence-corrected chi connectivity index (χ4v) is 1.91. The van der Waals surface area contributed by atoms with Gasteiger partial charge in [-0.2, -0.15) is 0 Å². The smallest absolute Gasteiger partial charge is 0.268 e. The molecule has 6 nitrogen and oxygen atoms in total. The standard InChI is InChI=1S/C11H17N3O3S/c1-5-18(16,17)14-11(15)9-6-12-8(4)13-10(9)7(2)3/h6-7H,5H2,1-4H3,(H,14,15). The molecule has 0 saturated carbocycles. The number of aromatic nitrogens is 2. The van der Waals surface area contributed by atoms with Gasteiger partial charge >= 0.3 is 0 Å². The average Bonchev–Trinajstić information content (AvgIpc) is 2.28. The van der Waals surface area contributed by atoms with Crippen LogP contribution < -0.4 is 4.72 Å². The summed E-state index contributed by atoms with van der Waals surface area (Å²) in [7, 11) is -3.57. The first-order valence-corrected chi connectivity index (χ1v) is 7.30. The van der Waals surface area contributed by atoms with Crippen LogP contribution in [-0.2, 0) is 10.0 Å². The molecular formula is C11H17N3O3S. The van der Waals surface area contributed by atoms with E-state index in [1.807, 2.05) is 18.6 Å². The minimum absolute atomic E-state index is 0.0109. The van der Waals surface area contributed by atoms with Crippen LogP contribution in [0, 0.1) is 6.92 Å². The Balaban J connectivity index is 3.14. The molecule has 0 aliphatic carbocycles. The van der Waals surface area contributed by atoms with Crippen LogP contribution in [0.1, 0.15) is 48.6 Å². The van der Waals surface area contributed by atoms with E-state index in [0.29, 0.717) is 11.5 Å². The van der Waals surface area contributed by atoms with Crippen LogP contribution in [0.15, 0.2) is 6.20 Å². The molecule has 1 N–H and O–H groups in total. The van der Waals surface area contributed by atoms with Gasteiger partial charge in [0.05, 0.1) is 17.0 Å². The van der Waals surface area contributed by atoms with Crippen molar-refractivity contribution < 1.29 is 13.2 Å². The summed E-state index contributed by atoms with van der Waals surface area (Å²) in [5.74, 6) is -0.270. The summed E-state index contributed by atoms with van der Waals surface area (Å²) in [6.07, 6.45) is 1.36. The van der Waals surface area contributed by atoms with E-state index in [1.165, 1.54) is 13.1 Å². The average molecular weight is 271 g/mol. The first-order valence-electron chi connectivity index (χ1n) is 5.65. The van der Waals surface area contributed by atoms with Gasteiger partial charge in [-0.05, 0) is 19.8 Å². The number of hydrogen-bond donors (Lipinski definition) is 1. The second kappa shape index (κ2) is 5.43. The number of hydrogen-bond acceptors (Lipinski definition) is 5. The minimum Gasteiger partial charge on any atom is -0.268 e. The van der Waals surface area contributed by atoms with Crippen LogP contribution in [0.3, 0.4) is 0 Å². The van der Waals surface area contributed by atoms with Crippen molar-refractivity contribution >= 4 is 15.9 Å². The highest BCUT2D eigenvalue weighted by Crippen LogP contribution is 2.16. The first kappa shape index (κ1) is 14.6. The van der Waals surface area contributed by atoms with Gasteiger partial charge in [-0.25, -0.2) is 23.1 Å². The van der Waals surface area contributed by atoms with Crippen LogP contribution in [0.4, 0.5) is 0 Å². The number of nitrogens with zero attached hydrogens (tertiary/aromatic N) is 2. The molecule has 0 atom stereocenters. The van der Waals surface area contributed by atoms with Crippen LogP contribution in [0.5, 0.6) is 0 Å². The predicted octanol–water partition coefficient (Wildman–Crippen LogP) is 0.988. The highest BCUT2D eigenvalue weighted by Gasteiger charge is 2.20.